The Bertz CT molecular complexity index is 936. The highest BCUT2D eigenvalue weighted by atomic mass is 32.2. The molecular formula is C23H24N2O3S. The van der Waals surface area contributed by atoms with Crippen molar-refractivity contribution < 1.29 is 14.4 Å². The number of nitrogens with one attached hydrogen (secondary N) is 1. The van der Waals surface area contributed by atoms with Gasteiger partial charge >= 0.3 is 0 Å². The molecule has 29 heavy (non-hydrogen) atoms. The smallest absolute Gasteiger partial charge is 0.268 e. The quantitative estimate of drug-likeness (QED) is 0.508. The lowest BCUT2D eigenvalue weighted by Crippen LogP contribution is -2.32. The zero-order valence-electron chi connectivity index (χ0n) is 16.6. The molecule has 0 aromatic heterocycles. The summed E-state index contributed by atoms with van der Waals surface area (Å²) in [6.45, 7) is 3.96. The van der Waals surface area contributed by atoms with Gasteiger partial charge in [0.2, 0.25) is 5.91 Å². The SMILES string of the molecule is CCCCCN1C(=O)C(Sc2ccccc2)=C(c2ccc(NC(C)=O)cc2)C1=O. The summed E-state index contributed by atoms with van der Waals surface area (Å²) in [4.78, 5) is 40.2. The molecule has 0 saturated carbocycles. The van der Waals surface area contributed by atoms with Crippen LogP contribution in [0.3, 0.4) is 0 Å². The van der Waals surface area contributed by atoms with Crippen molar-refractivity contribution in [3.05, 3.63) is 65.1 Å². The zero-order chi connectivity index (χ0) is 20.8. The summed E-state index contributed by atoms with van der Waals surface area (Å²) >= 11 is 1.32. The third-order valence-corrected chi connectivity index (χ3v) is 5.66. The van der Waals surface area contributed by atoms with Crippen LogP contribution >= 0.6 is 11.8 Å². The van der Waals surface area contributed by atoms with Gasteiger partial charge in [0.25, 0.3) is 11.8 Å². The summed E-state index contributed by atoms with van der Waals surface area (Å²) in [6, 6.07) is 16.6. The second-order valence-corrected chi connectivity index (χ2v) is 7.93. The number of unbranched alkanes of at least 4 members (excludes halogenated alkanes) is 2. The molecule has 0 saturated heterocycles. The predicted molar refractivity (Wildman–Crippen MR) is 116 cm³/mol. The first-order chi connectivity index (χ1) is 14.0. The largest absolute Gasteiger partial charge is 0.326 e. The van der Waals surface area contributed by atoms with Crippen LogP contribution in [0, 0.1) is 0 Å². The molecule has 1 N–H and O–H groups in total. The lowest BCUT2D eigenvalue weighted by molar-refractivity contribution is -0.136. The molecule has 0 fully saturated rings. The molecule has 0 atom stereocenters. The third-order valence-electron chi connectivity index (χ3n) is 4.57. The van der Waals surface area contributed by atoms with E-state index in [9.17, 15) is 14.4 Å². The highest BCUT2D eigenvalue weighted by molar-refractivity contribution is 8.04. The number of anilines is 1. The van der Waals surface area contributed by atoms with Crippen molar-refractivity contribution >= 4 is 40.7 Å². The topological polar surface area (TPSA) is 66.5 Å². The molecule has 1 heterocycles. The number of carbonyl (C=O) groups is 3. The van der Waals surface area contributed by atoms with Crippen LogP contribution in [0.5, 0.6) is 0 Å². The number of benzene rings is 2. The normalized spacial score (nSPS) is 13.9. The highest BCUT2D eigenvalue weighted by Gasteiger charge is 2.39. The lowest BCUT2D eigenvalue weighted by Gasteiger charge is -2.14. The standard InChI is InChI=1S/C23H24N2O3S/c1-3-4-8-15-25-22(27)20(17-11-13-18(14-12-17)24-16(2)26)21(23(25)28)29-19-9-6-5-7-10-19/h5-7,9-14H,3-4,8,15H2,1-2H3,(H,24,26). The summed E-state index contributed by atoms with van der Waals surface area (Å²) < 4.78 is 0. The Morgan fingerprint density at radius 2 is 1.66 bits per heavy atom. The molecule has 3 rings (SSSR count). The first-order valence-corrected chi connectivity index (χ1v) is 10.5. The van der Waals surface area contributed by atoms with E-state index in [4.69, 9.17) is 0 Å². The van der Waals surface area contributed by atoms with Crippen LogP contribution in [0.2, 0.25) is 0 Å². The molecule has 0 radical (unpaired) electrons. The van der Waals surface area contributed by atoms with Gasteiger partial charge in [0.1, 0.15) is 0 Å². The van der Waals surface area contributed by atoms with Crippen molar-refractivity contribution in [2.24, 2.45) is 0 Å². The van der Waals surface area contributed by atoms with E-state index in [0.29, 0.717) is 28.3 Å². The van der Waals surface area contributed by atoms with E-state index in [2.05, 4.69) is 12.2 Å². The number of hydrogen-bond donors (Lipinski definition) is 1. The maximum absolute atomic E-state index is 13.1. The van der Waals surface area contributed by atoms with Crippen molar-refractivity contribution in [2.45, 2.75) is 38.0 Å². The Morgan fingerprint density at radius 1 is 0.966 bits per heavy atom. The summed E-state index contributed by atoms with van der Waals surface area (Å²) in [5.74, 6) is -0.649. The molecule has 0 bridgehead atoms. The summed E-state index contributed by atoms with van der Waals surface area (Å²) in [6.07, 6.45) is 2.79. The van der Waals surface area contributed by atoms with Gasteiger partial charge in [-0.3, -0.25) is 19.3 Å². The minimum absolute atomic E-state index is 0.161. The van der Waals surface area contributed by atoms with Crippen LogP contribution in [0.15, 0.2) is 64.4 Å². The van der Waals surface area contributed by atoms with E-state index in [0.717, 1.165) is 24.2 Å². The predicted octanol–water partition coefficient (Wildman–Crippen LogP) is 4.71. The van der Waals surface area contributed by atoms with Crippen LogP contribution < -0.4 is 5.32 Å². The Morgan fingerprint density at radius 3 is 2.28 bits per heavy atom. The summed E-state index contributed by atoms with van der Waals surface area (Å²) in [7, 11) is 0. The molecule has 6 heteroatoms. The second-order valence-electron chi connectivity index (χ2n) is 6.85. The van der Waals surface area contributed by atoms with Crippen LogP contribution in [0.25, 0.3) is 5.57 Å². The molecule has 0 unspecified atom stereocenters. The third kappa shape index (κ3) is 4.95. The number of rotatable bonds is 8. The molecule has 2 aromatic carbocycles. The second kappa shape index (κ2) is 9.56. The van der Waals surface area contributed by atoms with Crippen molar-refractivity contribution in [2.75, 3.05) is 11.9 Å². The van der Waals surface area contributed by atoms with E-state index in [1.54, 1.807) is 24.3 Å². The fourth-order valence-corrected chi connectivity index (χ4v) is 4.19. The zero-order valence-corrected chi connectivity index (χ0v) is 17.4. The van der Waals surface area contributed by atoms with Gasteiger partial charge in [0.05, 0.1) is 10.5 Å². The van der Waals surface area contributed by atoms with E-state index < -0.39 is 0 Å². The fraction of sp³-hybridized carbons (Fsp3) is 0.261. The van der Waals surface area contributed by atoms with Gasteiger partial charge in [-0.15, -0.1) is 0 Å². The van der Waals surface area contributed by atoms with Crippen molar-refractivity contribution in [1.82, 2.24) is 4.90 Å². The Labute approximate surface area is 175 Å². The minimum Gasteiger partial charge on any atom is -0.326 e. The highest BCUT2D eigenvalue weighted by Crippen LogP contribution is 2.39. The van der Waals surface area contributed by atoms with Gasteiger partial charge < -0.3 is 5.32 Å². The monoisotopic (exact) mass is 408 g/mol. The maximum Gasteiger partial charge on any atom is 0.268 e. The Kier molecular flexibility index (Phi) is 6.88. The van der Waals surface area contributed by atoms with Gasteiger partial charge in [-0.1, -0.05) is 61.9 Å². The van der Waals surface area contributed by atoms with Gasteiger partial charge in [-0.05, 0) is 36.2 Å². The number of hydrogen-bond acceptors (Lipinski definition) is 4. The molecule has 150 valence electrons. The van der Waals surface area contributed by atoms with E-state index in [-0.39, 0.29) is 17.7 Å². The van der Waals surface area contributed by atoms with Gasteiger partial charge in [-0.2, -0.15) is 0 Å². The minimum atomic E-state index is -0.253. The number of nitrogens with zero attached hydrogens (tertiary/aromatic N) is 1. The molecule has 0 aliphatic carbocycles. The molecule has 1 aliphatic rings. The Hall–Kier alpha value is -2.86. The van der Waals surface area contributed by atoms with Gasteiger partial charge in [-0.25, -0.2) is 0 Å². The molecule has 0 spiro atoms. The van der Waals surface area contributed by atoms with Crippen LogP contribution in [-0.2, 0) is 14.4 Å². The number of thioether (sulfide) groups is 1. The number of carbonyl (C=O) groups excluding carboxylic acids is 3. The molecule has 5 nitrogen and oxygen atoms in total. The first kappa shape index (κ1) is 20.9. The average Bonchev–Trinajstić information content (AvgIpc) is 2.93. The number of amides is 3. The van der Waals surface area contributed by atoms with Crippen LogP contribution in [0.4, 0.5) is 5.69 Å². The first-order valence-electron chi connectivity index (χ1n) is 9.72. The Balaban J connectivity index is 1.95. The maximum atomic E-state index is 13.1. The van der Waals surface area contributed by atoms with Crippen molar-refractivity contribution in [1.29, 1.82) is 0 Å². The van der Waals surface area contributed by atoms with Crippen molar-refractivity contribution in [3.63, 3.8) is 0 Å². The summed E-state index contributed by atoms with van der Waals surface area (Å²) in [5.41, 5.74) is 1.75. The molecule has 3 amide bonds. The lowest BCUT2D eigenvalue weighted by atomic mass is 10.1. The van der Waals surface area contributed by atoms with Gasteiger partial charge in [0, 0.05) is 24.1 Å². The molecule has 1 aliphatic heterocycles. The van der Waals surface area contributed by atoms with E-state index >= 15 is 0 Å². The average molecular weight is 409 g/mol. The summed E-state index contributed by atoms with van der Waals surface area (Å²) in [5, 5.41) is 2.71. The van der Waals surface area contributed by atoms with E-state index in [1.807, 2.05) is 30.3 Å². The van der Waals surface area contributed by atoms with Crippen LogP contribution in [-0.4, -0.2) is 29.2 Å². The fourth-order valence-electron chi connectivity index (χ4n) is 3.16. The number of imide groups is 1. The van der Waals surface area contributed by atoms with E-state index in [1.165, 1.54) is 23.6 Å². The molecular weight excluding hydrogens is 384 g/mol. The van der Waals surface area contributed by atoms with Crippen LogP contribution in [0.1, 0.15) is 38.7 Å². The van der Waals surface area contributed by atoms with Gasteiger partial charge in [0.15, 0.2) is 0 Å². The molecule has 2 aromatic rings. The van der Waals surface area contributed by atoms with Crippen molar-refractivity contribution in [3.8, 4) is 0 Å².